The molecule has 2 aromatic rings. The predicted molar refractivity (Wildman–Crippen MR) is 79.5 cm³/mol. The Labute approximate surface area is 129 Å². The molecule has 2 aromatic carbocycles. The fourth-order valence-corrected chi connectivity index (χ4v) is 2.15. The van der Waals surface area contributed by atoms with Crippen LogP contribution in [0, 0.1) is 17.1 Å². The summed E-state index contributed by atoms with van der Waals surface area (Å²) in [5, 5.41) is 20.9. The Morgan fingerprint density at radius 2 is 2.10 bits per heavy atom. The van der Waals surface area contributed by atoms with Gasteiger partial charge in [-0.2, -0.15) is 5.26 Å². The molecule has 0 atom stereocenters. The number of nitrogens with one attached hydrogen (secondary N) is 1. The number of halogens is 2. The number of anilines is 1. The van der Waals surface area contributed by atoms with E-state index in [1.807, 2.05) is 6.07 Å². The zero-order valence-electron chi connectivity index (χ0n) is 10.7. The maximum Gasteiger partial charge on any atom is 0.335 e. The van der Waals surface area contributed by atoms with E-state index < -0.39 is 11.8 Å². The van der Waals surface area contributed by atoms with Gasteiger partial charge < -0.3 is 10.4 Å². The second-order valence-corrected chi connectivity index (χ2v) is 5.18. The van der Waals surface area contributed by atoms with Crippen molar-refractivity contribution in [3.8, 4) is 6.07 Å². The van der Waals surface area contributed by atoms with Crippen molar-refractivity contribution in [1.82, 2.24) is 0 Å². The monoisotopic (exact) mass is 348 g/mol. The van der Waals surface area contributed by atoms with E-state index in [1.165, 1.54) is 12.1 Å². The minimum atomic E-state index is -1.11. The Bertz CT molecular complexity index is 741. The predicted octanol–water partition coefficient (Wildman–Crippen LogP) is 3.77. The van der Waals surface area contributed by atoms with Crippen molar-refractivity contribution in [2.45, 2.75) is 6.54 Å². The Morgan fingerprint density at radius 3 is 2.76 bits per heavy atom. The fourth-order valence-electron chi connectivity index (χ4n) is 1.79. The van der Waals surface area contributed by atoms with Crippen LogP contribution in [0.4, 0.5) is 10.1 Å². The summed E-state index contributed by atoms with van der Waals surface area (Å²) >= 11 is 3.30. The molecule has 0 bridgehead atoms. The molecular formula is C15H10BrFN2O2. The molecule has 6 heteroatoms. The lowest BCUT2D eigenvalue weighted by molar-refractivity contribution is 0.0696. The average Bonchev–Trinajstić information content (AvgIpc) is 2.46. The summed E-state index contributed by atoms with van der Waals surface area (Å²) in [6, 6.07) is 10.7. The molecular weight excluding hydrogens is 339 g/mol. The lowest BCUT2D eigenvalue weighted by atomic mass is 10.1. The van der Waals surface area contributed by atoms with Crippen LogP contribution in [-0.4, -0.2) is 11.1 Å². The Kier molecular flexibility index (Phi) is 4.55. The molecule has 0 fully saturated rings. The number of carboxylic acids is 1. The van der Waals surface area contributed by atoms with Crippen molar-refractivity contribution < 1.29 is 14.3 Å². The number of carbonyl (C=O) groups is 1. The smallest absolute Gasteiger partial charge is 0.335 e. The zero-order chi connectivity index (χ0) is 15.4. The number of hydrogen-bond donors (Lipinski definition) is 2. The number of rotatable bonds is 4. The molecule has 0 heterocycles. The van der Waals surface area contributed by atoms with Gasteiger partial charge in [-0.15, -0.1) is 0 Å². The second-order valence-electron chi connectivity index (χ2n) is 4.27. The molecule has 0 aliphatic carbocycles. The van der Waals surface area contributed by atoms with Crippen LogP contribution in [-0.2, 0) is 6.54 Å². The maximum atomic E-state index is 13.7. The highest BCUT2D eigenvalue weighted by molar-refractivity contribution is 9.10. The third kappa shape index (κ3) is 3.58. The largest absolute Gasteiger partial charge is 0.478 e. The number of hydrogen-bond acceptors (Lipinski definition) is 3. The molecule has 0 aliphatic heterocycles. The first-order valence-corrected chi connectivity index (χ1v) is 6.76. The van der Waals surface area contributed by atoms with Gasteiger partial charge in [-0.25, -0.2) is 9.18 Å². The SMILES string of the molecule is N#Cc1ccc(Br)cc1NCc1cc(C(=O)O)ccc1F. The van der Waals surface area contributed by atoms with Gasteiger partial charge in [0.1, 0.15) is 11.9 Å². The topological polar surface area (TPSA) is 73.1 Å². The van der Waals surface area contributed by atoms with Crippen molar-refractivity contribution in [3.63, 3.8) is 0 Å². The summed E-state index contributed by atoms with van der Waals surface area (Å²) in [6.07, 6.45) is 0. The first kappa shape index (κ1) is 15.0. The van der Waals surface area contributed by atoms with Gasteiger partial charge in [0.25, 0.3) is 0 Å². The van der Waals surface area contributed by atoms with Crippen LogP contribution < -0.4 is 5.32 Å². The number of carboxylic acid groups (broad SMARTS) is 1. The van der Waals surface area contributed by atoms with Crippen LogP contribution in [0.5, 0.6) is 0 Å². The average molecular weight is 349 g/mol. The summed E-state index contributed by atoms with van der Waals surface area (Å²) in [4.78, 5) is 10.9. The van der Waals surface area contributed by atoms with Gasteiger partial charge in [0, 0.05) is 16.6 Å². The summed E-state index contributed by atoms with van der Waals surface area (Å²) in [6.45, 7) is 0.0814. The molecule has 4 nitrogen and oxygen atoms in total. The van der Waals surface area contributed by atoms with E-state index in [4.69, 9.17) is 10.4 Å². The molecule has 0 aliphatic rings. The second kappa shape index (κ2) is 6.37. The number of aromatic carboxylic acids is 1. The van der Waals surface area contributed by atoms with Crippen molar-refractivity contribution in [3.05, 3.63) is 63.4 Å². The Morgan fingerprint density at radius 1 is 1.33 bits per heavy atom. The van der Waals surface area contributed by atoms with Gasteiger partial charge in [0.05, 0.1) is 16.8 Å². The quantitative estimate of drug-likeness (QED) is 0.881. The van der Waals surface area contributed by atoms with Crippen molar-refractivity contribution >= 4 is 27.6 Å². The summed E-state index contributed by atoms with van der Waals surface area (Å²) < 4.78 is 14.5. The van der Waals surface area contributed by atoms with E-state index in [2.05, 4.69) is 21.2 Å². The van der Waals surface area contributed by atoms with Crippen LogP contribution in [0.2, 0.25) is 0 Å². The molecule has 0 unspecified atom stereocenters. The third-order valence-electron chi connectivity index (χ3n) is 2.86. The van der Waals surface area contributed by atoms with Gasteiger partial charge in [-0.05, 0) is 36.4 Å². The third-order valence-corrected chi connectivity index (χ3v) is 3.36. The van der Waals surface area contributed by atoms with E-state index in [0.717, 1.165) is 10.5 Å². The minimum absolute atomic E-state index is 0.0166. The molecule has 0 saturated carbocycles. The van der Waals surface area contributed by atoms with Gasteiger partial charge in [0.2, 0.25) is 0 Å². The number of nitriles is 1. The van der Waals surface area contributed by atoms with Crippen LogP contribution in [0.1, 0.15) is 21.5 Å². The summed E-state index contributed by atoms with van der Waals surface area (Å²) in [5.41, 5.74) is 1.21. The van der Waals surface area contributed by atoms with Crippen LogP contribution in [0.15, 0.2) is 40.9 Å². The lowest BCUT2D eigenvalue weighted by Gasteiger charge is -2.10. The van der Waals surface area contributed by atoms with Gasteiger partial charge in [-0.3, -0.25) is 0 Å². The molecule has 0 aromatic heterocycles. The van der Waals surface area contributed by atoms with Crippen molar-refractivity contribution in [2.24, 2.45) is 0 Å². The molecule has 0 amide bonds. The molecule has 2 rings (SSSR count). The van der Waals surface area contributed by atoms with E-state index >= 15 is 0 Å². The van der Waals surface area contributed by atoms with Crippen molar-refractivity contribution in [2.75, 3.05) is 5.32 Å². The van der Waals surface area contributed by atoms with Crippen LogP contribution >= 0.6 is 15.9 Å². The number of nitrogens with zero attached hydrogens (tertiary/aromatic N) is 1. The zero-order valence-corrected chi connectivity index (χ0v) is 12.3. The molecule has 2 N–H and O–H groups in total. The molecule has 0 spiro atoms. The van der Waals surface area contributed by atoms with Gasteiger partial charge in [0.15, 0.2) is 0 Å². The van der Waals surface area contributed by atoms with E-state index in [9.17, 15) is 9.18 Å². The minimum Gasteiger partial charge on any atom is -0.478 e. The fraction of sp³-hybridized carbons (Fsp3) is 0.0667. The van der Waals surface area contributed by atoms with Gasteiger partial charge >= 0.3 is 5.97 Å². The lowest BCUT2D eigenvalue weighted by Crippen LogP contribution is -2.06. The number of benzene rings is 2. The van der Waals surface area contributed by atoms with E-state index in [0.29, 0.717) is 11.3 Å². The molecule has 106 valence electrons. The standard InChI is InChI=1S/C15H10BrFN2O2/c16-12-3-1-10(7-18)14(6-12)19-8-11-5-9(15(20)21)2-4-13(11)17/h1-6,19H,8H2,(H,20,21). The molecule has 21 heavy (non-hydrogen) atoms. The highest BCUT2D eigenvalue weighted by atomic mass is 79.9. The highest BCUT2D eigenvalue weighted by Gasteiger charge is 2.09. The van der Waals surface area contributed by atoms with Crippen molar-refractivity contribution in [1.29, 1.82) is 5.26 Å². The normalized spacial score (nSPS) is 9.95. The maximum absolute atomic E-state index is 13.7. The molecule has 0 saturated heterocycles. The Balaban J connectivity index is 2.24. The van der Waals surface area contributed by atoms with E-state index in [1.54, 1.807) is 18.2 Å². The van der Waals surface area contributed by atoms with Gasteiger partial charge in [-0.1, -0.05) is 15.9 Å². The first-order valence-electron chi connectivity index (χ1n) is 5.96. The van der Waals surface area contributed by atoms with Crippen LogP contribution in [0.25, 0.3) is 0 Å². The molecule has 0 radical (unpaired) electrons. The summed E-state index contributed by atoms with van der Waals surface area (Å²) in [5.74, 6) is -1.61. The van der Waals surface area contributed by atoms with E-state index in [-0.39, 0.29) is 17.7 Å². The van der Waals surface area contributed by atoms with Crippen LogP contribution in [0.3, 0.4) is 0 Å². The first-order chi connectivity index (χ1) is 10.0. The summed E-state index contributed by atoms with van der Waals surface area (Å²) in [7, 11) is 0. The Hall–Kier alpha value is -2.39. The highest BCUT2D eigenvalue weighted by Crippen LogP contribution is 2.22.